The van der Waals surface area contributed by atoms with E-state index in [1.807, 2.05) is 46.8 Å². The van der Waals surface area contributed by atoms with Gasteiger partial charge in [-0.3, -0.25) is 14.1 Å². The Labute approximate surface area is 148 Å². The van der Waals surface area contributed by atoms with Gasteiger partial charge in [-0.15, -0.1) is 0 Å². The SMILES string of the molecule is CC1=CC(C)=N/C1=C(/C)c1c(C)cc(C)n1B(F)OCCCC(=O)O. The van der Waals surface area contributed by atoms with Gasteiger partial charge < -0.3 is 14.2 Å². The van der Waals surface area contributed by atoms with Crippen molar-refractivity contribution in [3.8, 4) is 0 Å². The minimum Gasteiger partial charge on any atom is -0.481 e. The first-order chi connectivity index (χ1) is 11.7. The third-order valence-corrected chi connectivity index (χ3v) is 4.21. The van der Waals surface area contributed by atoms with Crippen molar-refractivity contribution in [2.75, 3.05) is 6.61 Å². The standard InChI is InChI=1S/C18H24BFN2O3/c1-11-9-13(3)21-17(11)15(5)18-12(2)10-14(4)22(18)19(20)25-8-6-7-16(23)24/h9-10H,6-8H2,1-5H3,(H,23,24)/b17-15-. The maximum Gasteiger partial charge on any atom is 0.637 e. The molecular weight excluding hydrogens is 322 g/mol. The second-order valence-corrected chi connectivity index (χ2v) is 6.40. The highest BCUT2D eigenvalue weighted by atomic mass is 19.1. The third-order valence-electron chi connectivity index (χ3n) is 4.21. The van der Waals surface area contributed by atoms with E-state index in [9.17, 15) is 9.11 Å². The second kappa shape index (κ2) is 7.82. The highest BCUT2D eigenvalue weighted by Crippen LogP contribution is 2.32. The molecule has 25 heavy (non-hydrogen) atoms. The van der Waals surface area contributed by atoms with Crippen LogP contribution in [0.25, 0.3) is 5.57 Å². The summed E-state index contributed by atoms with van der Waals surface area (Å²) in [5, 5.41) is 8.65. The summed E-state index contributed by atoms with van der Waals surface area (Å²) in [5.74, 6) is -0.912. The van der Waals surface area contributed by atoms with E-state index in [1.54, 1.807) is 0 Å². The van der Waals surface area contributed by atoms with Crippen molar-refractivity contribution in [1.29, 1.82) is 0 Å². The van der Waals surface area contributed by atoms with Crippen LogP contribution in [0.3, 0.4) is 0 Å². The molecule has 0 aliphatic carbocycles. The van der Waals surface area contributed by atoms with Crippen LogP contribution in [0.15, 0.2) is 28.4 Å². The van der Waals surface area contributed by atoms with Crippen LogP contribution < -0.4 is 0 Å². The van der Waals surface area contributed by atoms with Crippen LogP contribution >= 0.6 is 0 Å². The molecule has 0 saturated carbocycles. The number of aromatic nitrogens is 1. The summed E-state index contributed by atoms with van der Waals surface area (Å²) in [6.07, 6.45) is 2.24. The average molecular weight is 346 g/mol. The van der Waals surface area contributed by atoms with Crippen molar-refractivity contribution < 1.29 is 18.9 Å². The van der Waals surface area contributed by atoms with Gasteiger partial charge in [0, 0.05) is 30.1 Å². The van der Waals surface area contributed by atoms with Crippen LogP contribution in [0.2, 0.25) is 0 Å². The number of nitrogens with zero attached hydrogens (tertiary/aromatic N) is 2. The monoisotopic (exact) mass is 346 g/mol. The molecule has 134 valence electrons. The zero-order chi connectivity index (χ0) is 18.7. The van der Waals surface area contributed by atoms with Gasteiger partial charge in [-0.25, -0.2) is 0 Å². The van der Waals surface area contributed by atoms with Gasteiger partial charge in [0.2, 0.25) is 0 Å². The van der Waals surface area contributed by atoms with Crippen molar-refractivity contribution >= 4 is 24.6 Å². The molecule has 2 heterocycles. The molecule has 7 heteroatoms. The lowest BCUT2D eigenvalue weighted by atomic mass is 10.0. The minimum absolute atomic E-state index is 0.0374. The molecule has 0 unspecified atom stereocenters. The normalized spacial score (nSPS) is 15.9. The van der Waals surface area contributed by atoms with Crippen molar-refractivity contribution in [1.82, 2.24) is 4.48 Å². The van der Waals surface area contributed by atoms with Gasteiger partial charge in [-0.05, 0) is 69.9 Å². The van der Waals surface area contributed by atoms with Crippen LogP contribution in [-0.2, 0) is 9.45 Å². The summed E-state index contributed by atoms with van der Waals surface area (Å²) < 4.78 is 21.5. The number of rotatable bonds is 7. The Morgan fingerprint density at radius 1 is 1.36 bits per heavy atom. The molecule has 0 fully saturated rings. The largest absolute Gasteiger partial charge is 0.637 e. The predicted molar refractivity (Wildman–Crippen MR) is 98.4 cm³/mol. The van der Waals surface area contributed by atoms with Gasteiger partial charge in [-0.2, -0.15) is 0 Å². The first kappa shape index (κ1) is 19.2. The average Bonchev–Trinajstić information content (AvgIpc) is 3.00. The topological polar surface area (TPSA) is 63.8 Å². The van der Waals surface area contributed by atoms with Crippen LogP contribution in [-0.4, -0.2) is 35.2 Å². The molecule has 1 aliphatic heterocycles. The van der Waals surface area contributed by atoms with E-state index in [2.05, 4.69) is 4.99 Å². The van der Waals surface area contributed by atoms with E-state index < -0.39 is 13.3 Å². The smallest absolute Gasteiger partial charge is 0.481 e. The summed E-state index contributed by atoms with van der Waals surface area (Å²) >= 11 is 0. The molecule has 1 aromatic rings. The number of aliphatic imine (C=N–C) groups is 1. The van der Waals surface area contributed by atoms with Gasteiger partial charge >= 0.3 is 13.3 Å². The molecule has 0 amide bonds. The van der Waals surface area contributed by atoms with Crippen molar-refractivity contribution in [3.63, 3.8) is 0 Å². The Bertz CT molecular complexity index is 778. The summed E-state index contributed by atoms with van der Waals surface area (Å²) in [6.45, 7) is 9.67. The zero-order valence-corrected chi connectivity index (χ0v) is 15.4. The summed E-state index contributed by atoms with van der Waals surface area (Å²) in [5.41, 5.74) is 6.19. The first-order valence-corrected chi connectivity index (χ1v) is 8.33. The van der Waals surface area contributed by atoms with Gasteiger partial charge in [0.25, 0.3) is 0 Å². The highest BCUT2D eigenvalue weighted by Gasteiger charge is 2.28. The number of hydrogen-bond donors (Lipinski definition) is 1. The Hall–Kier alpha value is -2.15. The van der Waals surface area contributed by atoms with Gasteiger partial charge in [0.1, 0.15) is 0 Å². The van der Waals surface area contributed by atoms with Gasteiger partial charge in [0.05, 0.1) is 5.70 Å². The number of aliphatic carboxylic acids is 1. The number of aryl methyl sites for hydroxylation is 2. The van der Waals surface area contributed by atoms with Crippen LogP contribution in [0, 0.1) is 13.8 Å². The van der Waals surface area contributed by atoms with Crippen molar-refractivity contribution in [2.24, 2.45) is 4.99 Å². The quantitative estimate of drug-likeness (QED) is 0.601. The maximum absolute atomic E-state index is 14.7. The fraction of sp³-hybridized carbons (Fsp3) is 0.444. The number of halogens is 1. The van der Waals surface area contributed by atoms with Crippen molar-refractivity contribution in [3.05, 3.63) is 40.4 Å². The third kappa shape index (κ3) is 4.28. The summed E-state index contributed by atoms with van der Waals surface area (Å²) in [6, 6.07) is 1.91. The van der Waals surface area contributed by atoms with E-state index in [4.69, 9.17) is 9.76 Å². The molecule has 2 rings (SSSR count). The van der Waals surface area contributed by atoms with E-state index in [-0.39, 0.29) is 19.4 Å². The van der Waals surface area contributed by atoms with E-state index in [0.717, 1.165) is 39.5 Å². The Morgan fingerprint density at radius 2 is 2.04 bits per heavy atom. The summed E-state index contributed by atoms with van der Waals surface area (Å²) in [4.78, 5) is 15.1. The molecule has 0 radical (unpaired) electrons. The number of allylic oxidation sites excluding steroid dienone is 3. The molecule has 1 N–H and O–H groups in total. The second-order valence-electron chi connectivity index (χ2n) is 6.40. The van der Waals surface area contributed by atoms with Gasteiger partial charge in [0.15, 0.2) is 0 Å². The Kier molecular flexibility index (Phi) is 6.00. The fourth-order valence-corrected chi connectivity index (χ4v) is 3.20. The Balaban J connectivity index is 2.31. The molecule has 0 aromatic carbocycles. The molecule has 0 atom stereocenters. The molecule has 0 saturated heterocycles. The van der Waals surface area contributed by atoms with Crippen LogP contribution in [0.4, 0.5) is 4.32 Å². The maximum atomic E-state index is 14.7. The van der Waals surface area contributed by atoms with E-state index >= 15 is 0 Å². The molecule has 1 aliphatic rings. The number of hydrogen-bond acceptors (Lipinski definition) is 3. The number of carboxylic acid groups (broad SMARTS) is 1. The first-order valence-electron chi connectivity index (χ1n) is 8.33. The molecular formula is C18H24BFN2O3. The van der Waals surface area contributed by atoms with E-state index in [1.165, 1.54) is 4.48 Å². The lowest BCUT2D eigenvalue weighted by Crippen LogP contribution is -2.27. The Morgan fingerprint density at radius 3 is 2.60 bits per heavy atom. The van der Waals surface area contributed by atoms with E-state index in [0.29, 0.717) is 0 Å². The highest BCUT2D eigenvalue weighted by molar-refractivity contribution is 6.42. The zero-order valence-electron chi connectivity index (χ0n) is 15.4. The molecule has 5 nitrogen and oxygen atoms in total. The predicted octanol–water partition coefficient (Wildman–Crippen LogP) is 3.94. The van der Waals surface area contributed by atoms with Crippen LogP contribution in [0.1, 0.15) is 50.6 Å². The van der Waals surface area contributed by atoms with Crippen molar-refractivity contribution in [2.45, 2.75) is 47.5 Å². The number of carboxylic acids is 1. The lowest BCUT2D eigenvalue weighted by Gasteiger charge is -2.16. The molecule has 1 aromatic heterocycles. The van der Waals surface area contributed by atoms with Gasteiger partial charge in [-0.1, -0.05) is 0 Å². The fourth-order valence-electron chi connectivity index (χ4n) is 3.20. The molecule has 0 bridgehead atoms. The lowest BCUT2D eigenvalue weighted by molar-refractivity contribution is -0.137. The van der Waals surface area contributed by atoms with Crippen LogP contribution in [0.5, 0.6) is 0 Å². The minimum atomic E-state index is -1.66. The molecule has 0 spiro atoms. The number of carbonyl (C=O) groups is 1. The summed E-state index contributed by atoms with van der Waals surface area (Å²) in [7, 11) is -1.66.